The number of ether oxygens (including phenoxy) is 1. The van der Waals surface area contributed by atoms with Crippen LogP contribution in [0.25, 0.3) is 28.2 Å². The van der Waals surface area contributed by atoms with Gasteiger partial charge in [0, 0.05) is 29.4 Å². The largest absolute Gasteiger partial charge is 0.456 e. The third-order valence-electron chi connectivity index (χ3n) is 4.27. The van der Waals surface area contributed by atoms with Crippen LogP contribution in [0.2, 0.25) is 0 Å². The molecule has 4 heterocycles. The third-order valence-corrected chi connectivity index (χ3v) is 5.09. The van der Waals surface area contributed by atoms with E-state index in [9.17, 15) is 9.59 Å². The fraction of sp³-hybridized carbons (Fsp3) is 0. The molecular weight excluding hydrogens is 404 g/mol. The first-order valence-electron chi connectivity index (χ1n) is 8.81. The van der Waals surface area contributed by atoms with Crippen LogP contribution >= 0.6 is 11.8 Å². The topological polar surface area (TPSA) is 107 Å². The van der Waals surface area contributed by atoms with E-state index in [1.54, 1.807) is 36.9 Å². The van der Waals surface area contributed by atoms with Crippen molar-refractivity contribution in [1.82, 2.24) is 20.3 Å². The SMILES string of the molecule is O=C1NC(=O)/C(=C/c2cc3cncc(-c4cccc(Oc5cncnc5)c4)c3o2)S1. The highest BCUT2D eigenvalue weighted by molar-refractivity contribution is 8.18. The van der Waals surface area contributed by atoms with Crippen LogP contribution in [-0.2, 0) is 4.79 Å². The minimum atomic E-state index is -0.432. The number of nitrogens with one attached hydrogen (secondary N) is 1. The lowest BCUT2D eigenvalue weighted by Crippen LogP contribution is -2.17. The number of nitrogens with zero attached hydrogens (tertiary/aromatic N) is 3. The van der Waals surface area contributed by atoms with Crippen molar-refractivity contribution in [2.45, 2.75) is 0 Å². The Morgan fingerprint density at radius 3 is 2.67 bits per heavy atom. The number of hydrogen-bond acceptors (Lipinski definition) is 8. The third kappa shape index (κ3) is 3.53. The van der Waals surface area contributed by atoms with Crippen LogP contribution in [0.1, 0.15) is 5.76 Å². The number of rotatable bonds is 4. The molecule has 2 amide bonds. The highest BCUT2D eigenvalue weighted by atomic mass is 32.2. The van der Waals surface area contributed by atoms with E-state index in [-0.39, 0.29) is 4.91 Å². The predicted molar refractivity (Wildman–Crippen MR) is 111 cm³/mol. The summed E-state index contributed by atoms with van der Waals surface area (Å²) in [6.07, 6.45) is 9.52. The van der Waals surface area contributed by atoms with Gasteiger partial charge in [0.05, 0.1) is 17.3 Å². The number of fused-ring (bicyclic) bond motifs is 1. The van der Waals surface area contributed by atoms with E-state index in [1.165, 1.54) is 6.33 Å². The van der Waals surface area contributed by atoms with Gasteiger partial charge in [-0.1, -0.05) is 12.1 Å². The molecule has 1 aromatic carbocycles. The summed E-state index contributed by atoms with van der Waals surface area (Å²) in [4.78, 5) is 35.6. The highest BCUT2D eigenvalue weighted by Gasteiger charge is 2.25. The quantitative estimate of drug-likeness (QED) is 0.488. The fourth-order valence-corrected chi connectivity index (χ4v) is 3.67. The summed E-state index contributed by atoms with van der Waals surface area (Å²) in [6.45, 7) is 0. The molecule has 1 fully saturated rings. The maximum absolute atomic E-state index is 11.8. The van der Waals surface area contributed by atoms with Gasteiger partial charge in [-0.25, -0.2) is 9.97 Å². The molecule has 1 saturated heterocycles. The molecule has 9 heteroatoms. The molecule has 0 aliphatic carbocycles. The van der Waals surface area contributed by atoms with Gasteiger partial charge in [0.25, 0.3) is 11.1 Å². The predicted octanol–water partition coefficient (Wildman–Crippen LogP) is 4.40. The van der Waals surface area contributed by atoms with Gasteiger partial charge in [-0.15, -0.1) is 0 Å². The summed E-state index contributed by atoms with van der Waals surface area (Å²) in [7, 11) is 0. The maximum atomic E-state index is 11.8. The van der Waals surface area contributed by atoms with E-state index in [0.717, 1.165) is 28.3 Å². The van der Waals surface area contributed by atoms with Crippen LogP contribution in [0.5, 0.6) is 11.5 Å². The second-order valence-electron chi connectivity index (χ2n) is 6.31. The number of imide groups is 1. The molecule has 1 N–H and O–H groups in total. The van der Waals surface area contributed by atoms with Gasteiger partial charge in [0.15, 0.2) is 5.75 Å². The Balaban J connectivity index is 1.51. The zero-order chi connectivity index (χ0) is 20.5. The normalized spacial score (nSPS) is 15.0. The van der Waals surface area contributed by atoms with Gasteiger partial charge in [-0.2, -0.15) is 0 Å². The van der Waals surface area contributed by atoms with E-state index >= 15 is 0 Å². The fourth-order valence-electron chi connectivity index (χ4n) is 3.01. The molecule has 0 bridgehead atoms. The summed E-state index contributed by atoms with van der Waals surface area (Å²) in [6, 6.07) is 9.25. The molecule has 146 valence electrons. The van der Waals surface area contributed by atoms with E-state index in [0.29, 0.717) is 22.8 Å². The lowest BCUT2D eigenvalue weighted by molar-refractivity contribution is -0.115. The number of carbonyl (C=O) groups excluding carboxylic acids is 2. The minimum Gasteiger partial charge on any atom is -0.456 e. The van der Waals surface area contributed by atoms with Crippen LogP contribution < -0.4 is 10.1 Å². The maximum Gasteiger partial charge on any atom is 0.290 e. The van der Waals surface area contributed by atoms with Crippen molar-refractivity contribution in [2.24, 2.45) is 0 Å². The van der Waals surface area contributed by atoms with Crippen molar-refractivity contribution >= 4 is 40.0 Å². The number of aromatic nitrogens is 3. The first kappa shape index (κ1) is 18.1. The lowest BCUT2D eigenvalue weighted by Gasteiger charge is -2.07. The van der Waals surface area contributed by atoms with E-state index in [1.807, 2.05) is 24.3 Å². The van der Waals surface area contributed by atoms with Crippen molar-refractivity contribution in [3.63, 3.8) is 0 Å². The molecule has 4 aromatic rings. The van der Waals surface area contributed by atoms with Crippen molar-refractivity contribution in [2.75, 3.05) is 0 Å². The van der Waals surface area contributed by atoms with Crippen LogP contribution in [0, 0.1) is 0 Å². The molecule has 30 heavy (non-hydrogen) atoms. The molecule has 5 rings (SSSR count). The van der Waals surface area contributed by atoms with Gasteiger partial charge in [-0.3, -0.25) is 19.9 Å². The van der Waals surface area contributed by atoms with Gasteiger partial charge >= 0.3 is 0 Å². The van der Waals surface area contributed by atoms with Crippen molar-refractivity contribution in [3.05, 3.63) is 72.1 Å². The summed E-state index contributed by atoms with van der Waals surface area (Å²) in [5.74, 6) is 1.17. The van der Waals surface area contributed by atoms with Gasteiger partial charge in [-0.05, 0) is 35.5 Å². The number of carbonyl (C=O) groups is 2. The molecule has 1 aliphatic rings. The number of thioether (sulfide) groups is 1. The summed E-state index contributed by atoms with van der Waals surface area (Å²) >= 11 is 0.841. The van der Waals surface area contributed by atoms with E-state index in [2.05, 4.69) is 20.3 Å². The van der Waals surface area contributed by atoms with Crippen molar-refractivity contribution in [3.8, 4) is 22.6 Å². The molecular formula is C21H12N4O4S. The van der Waals surface area contributed by atoms with E-state index < -0.39 is 11.1 Å². The lowest BCUT2D eigenvalue weighted by atomic mass is 10.1. The molecule has 0 radical (unpaired) electrons. The van der Waals surface area contributed by atoms with Gasteiger partial charge < -0.3 is 9.15 Å². The monoisotopic (exact) mass is 416 g/mol. The van der Waals surface area contributed by atoms with Crippen LogP contribution in [0.4, 0.5) is 4.79 Å². The first-order valence-corrected chi connectivity index (χ1v) is 9.63. The van der Waals surface area contributed by atoms with E-state index in [4.69, 9.17) is 9.15 Å². The van der Waals surface area contributed by atoms with Crippen LogP contribution in [0.15, 0.2) is 70.8 Å². The smallest absolute Gasteiger partial charge is 0.290 e. The number of furan rings is 1. The zero-order valence-corrected chi connectivity index (χ0v) is 16.1. The van der Waals surface area contributed by atoms with Gasteiger partial charge in [0.1, 0.15) is 23.4 Å². The molecule has 0 unspecified atom stereocenters. The second kappa shape index (κ2) is 7.45. The Hall–Kier alpha value is -3.98. The molecule has 0 spiro atoms. The Bertz CT molecular complexity index is 1320. The summed E-state index contributed by atoms with van der Waals surface area (Å²) < 4.78 is 11.8. The van der Waals surface area contributed by atoms with Crippen LogP contribution in [-0.4, -0.2) is 26.1 Å². The van der Waals surface area contributed by atoms with Crippen molar-refractivity contribution in [1.29, 1.82) is 0 Å². The second-order valence-corrected chi connectivity index (χ2v) is 7.33. The number of pyridine rings is 1. The average molecular weight is 416 g/mol. The Kier molecular flexibility index (Phi) is 4.49. The molecule has 0 saturated carbocycles. The summed E-state index contributed by atoms with van der Waals surface area (Å²) in [5.41, 5.74) is 2.23. The Morgan fingerprint density at radius 1 is 1.00 bits per heavy atom. The van der Waals surface area contributed by atoms with Gasteiger partial charge in [0.2, 0.25) is 0 Å². The van der Waals surface area contributed by atoms with Crippen LogP contribution in [0.3, 0.4) is 0 Å². The van der Waals surface area contributed by atoms with Crippen molar-refractivity contribution < 1.29 is 18.7 Å². The number of amides is 2. The molecule has 0 atom stereocenters. The molecule has 8 nitrogen and oxygen atoms in total. The number of benzene rings is 1. The standard InChI is InChI=1S/C21H12N4O4S/c26-20-18(30-21(27)25-20)6-15-5-13-7-22-10-17(19(13)29-15)12-2-1-3-14(4-12)28-16-8-23-11-24-9-16/h1-11H,(H,25,26,27)/b18-6-. The first-order chi connectivity index (χ1) is 14.7. The minimum absolute atomic E-state index is 0.286. The average Bonchev–Trinajstić information content (AvgIpc) is 3.30. The highest BCUT2D eigenvalue weighted by Crippen LogP contribution is 2.34. The Morgan fingerprint density at radius 2 is 1.87 bits per heavy atom. The number of hydrogen-bond donors (Lipinski definition) is 1. The Labute approximate surface area is 174 Å². The zero-order valence-electron chi connectivity index (χ0n) is 15.2. The summed E-state index contributed by atoms with van der Waals surface area (Å²) in [5, 5.41) is 2.60. The molecule has 3 aromatic heterocycles. The molecule has 1 aliphatic heterocycles.